The zero-order chi connectivity index (χ0) is 12.3. The molecule has 0 spiro atoms. The standard InChI is InChI=1S/C13H15FN2O/c1-9(12-3-2-6-16-12)17-13-5-4-10(8-15)7-11(13)14/h2-7,9,16H,8,15H2,1H3. The van der Waals surface area contributed by atoms with Gasteiger partial charge in [-0.05, 0) is 36.8 Å². The quantitative estimate of drug-likeness (QED) is 0.854. The van der Waals surface area contributed by atoms with Crippen molar-refractivity contribution in [2.45, 2.75) is 19.6 Å². The maximum Gasteiger partial charge on any atom is 0.165 e. The number of rotatable bonds is 4. The summed E-state index contributed by atoms with van der Waals surface area (Å²) in [4.78, 5) is 3.03. The van der Waals surface area contributed by atoms with Gasteiger partial charge in [0.25, 0.3) is 0 Å². The maximum atomic E-state index is 13.6. The number of hydrogen-bond acceptors (Lipinski definition) is 2. The highest BCUT2D eigenvalue weighted by molar-refractivity contribution is 5.29. The molecule has 1 heterocycles. The van der Waals surface area contributed by atoms with Gasteiger partial charge in [-0.15, -0.1) is 0 Å². The van der Waals surface area contributed by atoms with Crippen molar-refractivity contribution in [2.75, 3.05) is 0 Å². The summed E-state index contributed by atoms with van der Waals surface area (Å²) in [5, 5.41) is 0. The third-order valence-electron chi connectivity index (χ3n) is 2.60. The number of aromatic nitrogens is 1. The molecule has 0 aliphatic carbocycles. The highest BCUT2D eigenvalue weighted by Gasteiger charge is 2.11. The van der Waals surface area contributed by atoms with E-state index in [4.69, 9.17) is 10.5 Å². The Hall–Kier alpha value is -1.81. The first-order chi connectivity index (χ1) is 8.20. The van der Waals surface area contributed by atoms with Crippen molar-refractivity contribution in [1.29, 1.82) is 0 Å². The van der Waals surface area contributed by atoms with Crippen molar-refractivity contribution in [2.24, 2.45) is 5.73 Å². The first kappa shape index (κ1) is 11.7. The molecular formula is C13H15FN2O. The Morgan fingerprint density at radius 1 is 1.41 bits per heavy atom. The lowest BCUT2D eigenvalue weighted by Crippen LogP contribution is -2.05. The van der Waals surface area contributed by atoms with E-state index in [1.54, 1.807) is 12.1 Å². The number of aromatic amines is 1. The second-order valence-electron chi connectivity index (χ2n) is 3.85. The average molecular weight is 234 g/mol. The van der Waals surface area contributed by atoms with E-state index in [9.17, 15) is 4.39 Å². The van der Waals surface area contributed by atoms with E-state index in [-0.39, 0.29) is 17.7 Å². The van der Waals surface area contributed by atoms with E-state index < -0.39 is 0 Å². The average Bonchev–Trinajstić information content (AvgIpc) is 2.85. The zero-order valence-corrected chi connectivity index (χ0v) is 9.61. The second-order valence-corrected chi connectivity index (χ2v) is 3.85. The van der Waals surface area contributed by atoms with Gasteiger partial charge in [0, 0.05) is 12.7 Å². The largest absolute Gasteiger partial charge is 0.481 e. The fraction of sp³-hybridized carbons (Fsp3) is 0.231. The van der Waals surface area contributed by atoms with Gasteiger partial charge in [-0.3, -0.25) is 0 Å². The van der Waals surface area contributed by atoms with Crippen LogP contribution in [0.3, 0.4) is 0 Å². The molecule has 1 unspecified atom stereocenters. The third kappa shape index (κ3) is 2.65. The SMILES string of the molecule is CC(Oc1ccc(CN)cc1F)c1ccc[nH]1. The summed E-state index contributed by atoms with van der Waals surface area (Å²) in [6, 6.07) is 8.55. The lowest BCUT2D eigenvalue weighted by atomic mass is 10.2. The molecule has 0 aliphatic heterocycles. The van der Waals surface area contributed by atoms with Crippen LogP contribution < -0.4 is 10.5 Å². The van der Waals surface area contributed by atoms with Crippen molar-refractivity contribution < 1.29 is 9.13 Å². The van der Waals surface area contributed by atoms with Gasteiger partial charge >= 0.3 is 0 Å². The molecule has 1 atom stereocenters. The van der Waals surface area contributed by atoms with Crippen LogP contribution in [0.4, 0.5) is 4.39 Å². The summed E-state index contributed by atoms with van der Waals surface area (Å²) in [6.45, 7) is 2.19. The Morgan fingerprint density at radius 2 is 2.24 bits per heavy atom. The molecule has 4 heteroatoms. The van der Waals surface area contributed by atoms with Crippen LogP contribution in [0, 0.1) is 5.82 Å². The fourth-order valence-electron chi connectivity index (χ4n) is 1.62. The lowest BCUT2D eigenvalue weighted by Gasteiger charge is -2.14. The molecule has 0 amide bonds. The summed E-state index contributed by atoms with van der Waals surface area (Å²) >= 11 is 0. The van der Waals surface area contributed by atoms with Gasteiger partial charge in [-0.25, -0.2) is 4.39 Å². The number of benzene rings is 1. The number of nitrogens with two attached hydrogens (primary N) is 1. The first-order valence-corrected chi connectivity index (χ1v) is 5.49. The fourth-order valence-corrected chi connectivity index (χ4v) is 1.62. The minimum Gasteiger partial charge on any atom is -0.481 e. The van der Waals surface area contributed by atoms with E-state index in [1.165, 1.54) is 6.07 Å². The zero-order valence-electron chi connectivity index (χ0n) is 9.61. The Balaban J connectivity index is 2.13. The van der Waals surface area contributed by atoms with Gasteiger partial charge in [0.1, 0.15) is 6.10 Å². The van der Waals surface area contributed by atoms with Crippen LogP contribution in [0.5, 0.6) is 5.75 Å². The van der Waals surface area contributed by atoms with Gasteiger partial charge in [-0.2, -0.15) is 0 Å². The van der Waals surface area contributed by atoms with Gasteiger partial charge in [0.15, 0.2) is 11.6 Å². The minimum atomic E-state index is -0.383. The molecule has 0 saturated carbocycles. The normalized spacial score (nSPS) is 12.4. The number of H-pyrrole nitrogens is 1. The molecular weight excluding hydrogens is 219 g/mol. The number of nitrogens with one attached hydrogen (secondary N) is 1. The van der Waals surface area contributed by atoms with Crippen LogP contribution in [-0.4, -0.2) is 4.98 Å². The highest BCUT2D eigenvalue weighted by Crippen LogP contribution is 2.24. The minimum absolute atomic E-state index is 0.219. The topological polar surface area (TPSA) is 51.0 Å². The van der Waals surface area contributed by atoms with E-state index in [2.05, 4.69) is 4.98 Å². The van der Waals surface area contributed by atoms with Crippen LogP contribution in [-0.2, 0) is 6.54 Å². The molecule has 1 aromatic heterocycles. The van der Waals surface area contributed by atoms with Gasteiger partial charge in [-0.1, -0.05) is 6.07 Å². The Labute approximate surface area is 99.4 Å². The van der Waals surface area contributed by atoms with Crippen molar-refractivity contribution in [3.8, 4) is 5.75 Å². The smallest absolute Gasteiger partial charge is 0.165 e. The van der Waals surface area contributed by atoms with Crippen LogP contribution >= 0.6 is 0 Å². The summed E-state index contributed by atoms with van der Waals surface area (Å²) in [5.41, 5.74) is 7.10. The van der Waals surface area contributed by atoms with Crippen LogP contribution in [0.15, 0.2) is 36.5 Å². The molecule has 17 heavy (non-hydrogen) atoms. The Morgan fingerprint density at radius 3 is 2.82 bits per heavy atom. The predicted octanol–water partition coefficient (Wildman–Crippen LogP) is 2.75. The molecule has 2 rings (SSSR count). The monoisotopic (exact) mass is 234 g/mol. The Bertz CT molecular complexity index is 482. The van der Waals surface area contributed by atoms with Crippen molar-refractivity contribution in [3.63, 3.8) is 0 Å². The second kappa shape index (κ2) is 5.01. The van der Waals surface area contributed by atoms with Crippen LogP contribution in [0.25, 0.3) is 0 Å². The van der Waals surface area contributed by atoms with Crippen molar-refractivity contribution >= 4 is 0 Å². The van der Waals surface area contributed by atoms with Gasteiger partial charge in [0.05, 0.1) is 5.69 Å². The van der Waals surface area contributed by atoms with Crippen LogP contribution in [0.1, 0.15) is 24.3 Å². The van der Waals surface area contributed by atoms with Gasteiger partial charge in [0.2, 0.25) is 0 Å². The van der Waals surface area contributed by atoms with E-state index in [0.29, 0.717) is 6.54 Å². The van der Waals surface area contributed by atoms with E-state index in [0.717, 1.165) is 11.3 Å². The molecule has 3 N–H and O–H groups in total. The number of hydrogen-bond donors (Lipinski definition) is 2. The summed E-state index contributed by atoms with van der Waals surface area (Å²) in [7, 11) is 0. The molecule has 0 fully saturated rings. The van der Waals surface area contributed by atoms with E-state index in [1.807, 2.05) is 25.3 Å². The third-order valence-corrected chi connectivity index (χ3v) is 2.60. The van der Waals surface area contributed by atoms with Crippen molar-refractivity contribution in [1.82, 2.24) is 4.98 Å². The number of halogens is 1. The number of ether oxygens (including phenoxy) is 1. The van der Waals surface area contributed by atoms with Crippen LogP contribution in [0.2, 0.25) is 0 Å². The summed E-state index contributed by atoms with van der Waals surface area (Å²) in [6.07, 6.45) is 1.59. The summed E-state index contributed by atoms with van der Waals surface area (Å²) in [5.74, 6) is -0.143. The predicted molar refractivity (Wildman–Crippen MR) is 64.1 cm³/mol. The maximum absolute atomic E-state index is 13.6. The summed E-state index contributed by atoms with van der Waals surface area (Å²) < 4.78 is 19.2. The molecule has 90 valence electrons. The molecule has 0 radical (unpaired) electrons. The van der Waals surface area contributed by atoms with Crippen molar-refractivity contribution in [3.05, 3.63) is 53.6 Å². The molecule has 0 saturated heterocycles. The highest BCUT2D eigenvalue weighted by atomic mass is 19.1. The molecule has 0 bridgehead atoms. The van der Waals surface area contributed by atoms with E-state index >= 15 is 0 Å². The molecule has 3 nitrogen and oxygen atoms in total. The molecule has 2 aromatic rings. The molecule has 1 aromatic carbocycles. The Kier molecular flexibility index (Phi) is 3.44. The molecule has 0 aliphatic rings. The van der Waals surface area contributed by atoms with Gasteiger partial charge < -0.3 is 15.5 Å². The first-order valence-electron chi connectivity index (χ1n) is 5.49. The lowest BCUT2D eigenvalue weighted by molar-refractivity contribution is 0.212.